The average molecular weight is 168 g/mol. The molecule has 0 rings (SSSR count). The fraction of sp³-hybridized carbons (Fsp3) is 1.00. The van der Waals surface area contributed by atoms with E-state index in [1.165, 1.54) is 0 Å². The molecule has 0 saturated carbocycles. The summed E-state index contributed by atoms with van der Waals surface area (Å²) in [5, 5.41) is 2.14. The van der Waals surface area contributed by atoms with Gasteiger partial charge in [-0.1, -0.05) is 31.9 Å². The van der Waals surface area contributed by atoms with Gasteiger partial charge in [0, 0.05) is 0 Å². The largest absolute Gasteiger partial charge is 0.318 e. The van der Waals surface area contributed by atoms with Crippen LogP contribution in [0.5, 0.6) is 0 Å². The van der Waals surface area contributed by atoms with Crippen LogP contribution < -0.4 is 5.32 Å². The van der Waals surface area contributed by atoms with E-state index in [0.717, 1.165) is 0 Å². The van der Waals surface area contributed by atoms with E-state index in [2.05, 4.69) is 5.32 Å². The minimum absolute atomic E-state index is 0.105. The maximum atomic E-state index is 5.89. The first-order chi connectivity index (χ1) is 5.86. The molecule has 0 aromatic carbocycles. The summed E-state index contributed by atoms with van der Waals surface area (Å²) in [6, 6.07) is 0.105. The van der Waals surface area contributed by atoms with Crippen LogP contribution in [0.15, 0.2) is 0 Å². The average Bonchev–Trinajstić information content (AvgIpc) is 2.14. The molecular weight excluding hydrogens is 153 g/mol. The molecule has 0 aliphatic heterocycles. The van der Waals surface area contributed by atoms with Gasteiger partial charge in [0.05, 0.1) is 31.4 Å². The van der Waals surface area contributed by atoms with Crippen LogP contribution in [0.3, 0.4) is 0 Å². The molecule has 0 spiro atoms. The Balaban J connectivity index is 4.32. The van der Waals surface area contributed by atoms with Gasteiger partial charge >= 0.3 is 0 Å². The molecule has 0 saturated heterocycles. The summed E-state index contributed by atoms with van der Waals surface area (Å²) < 4.78 is 0. The van der Waals surface area contributed by atoms with Crippen molar-refractivity contribution in [2.24, 2.45) is 0 Å². The van der Waals surface area contributed by atoms with Gasteiger partial charge in [-0.25, -0.2) is 0 Å². The molecule has 0 amide bonds. The first kappa shape index (κ1) is 13.2. The van der Waals surface area contributed by atoms with Crippen LogP contribution in [0.2, 0.25) is 16.8 Å². The smallest absolute Gasteiger partial charge is 0.0713 e. The SMILES string of the molecule is [B]C(C(C)NC)C([B])C([B])([B])CC. The van der Waals surface area contributed by atoms with Gasteiger partial charge in [-0.05, 0) is 13.1 Å². The summed E-state index contributed by atoms with van der Waals surface area (Å²) in [7, 11) is 25.2. The van der Waals surface area contributed by atoms with Gasteiger partial charge in [0.15, 0.2) is 0 Å². The molecule has 3 unspecified atom stereocenters. The van der Waals surface area contributed by atoms with Gasteiger partial charge in [-0.15, -0.1) is 5.21 Å². The van der Waals surface area contributed by atoms with Crippen LogP contribution >= 0.6 is 0 Å². The highest BCUT2D eigenvalue weighted by atomic mass is 14.9. The first-order valence-electron chi connectivity index (χ1n) is 4.63. The van der Waals surface area contributed by atoms with Crippen molar-refractivity contribution < 1.29 is 0 Å². The molecule has 1 N–H and O–H groups in total. The lowest BCUT2D eigenvalue weighted by Gasteiger charge is -2.39. The lowest BCUT2D eigenvalue weighted by atomic mass is 9.38. The van der Waals surface area contributed by atoms with Crippen molar-refractivity contribution in [1.29, 1.82) is 0 Å². The summed E-state index contributed by atoms with van der Waals surface area (Å²) in [6.45, 7) is 3.85. The molecule has 13 heavy (non-hydrogen) atoms. The van der Waals surface area contributed by atoms with Gasteiger partial charge in [0.1, 0.15) is 0 Å². The standard InChI is InChI=1S/C8H15B4N/c1-4-8(11,12)7(10)6(9)5(2)13-3/h5-7,13H,4H2,1-3H3. The zero-order chi connectivity index (χ0) is 10.6. The van der Waals surface area contributed by atoms with E-state index in [1.54, 1.807) is 0 Å². The molecule has 0 aromatic heterocycles. The van der Waals surface area contributed by atoms with Crippen LogP contribution in [-0.2, 0) is 0 Å². The fourth-order valence-corrected chi connectivity index (χ4v) is 1.10. The second-order valence-corrected chi connectivity index (χ2v) is 3.65. The predicted octanol–water partition coefficient (Wildman–Crippen LogP) is 0.371. The third kappa shape index (κ3) is 3.45. The molecule has 0 aliphatic rings. The first-order valence-corrected chi connectivity index (χ1v) is 4.63. The second kappa shape index (κ2) is 5.19. The second-order valence-electron chi connectivity index (χ2n) is 3.65. The van der Waals surface area contributed by atoms with E-state index < -0.39 is 11.0 Å². The Hall–Kier alpha value is 0.220. The molecule has 0 bridgehead atoms. The van der Waals surface area contributed by atoms with Crippen LogP contribution in [-0.4, -0.2) is 44.5 Å². The van der Waals surface area contributed by atoms with Crippen LogP contribution in [0, 0.1) is 0 Å². The molecule has 0 aromatic rings. The Morgan fingerprint density at radius 1 is 1.31 bits per heavy atom. The number of rotatable bonds is 5. The summed E-state index contributed by atoms with van der Waals surface area (Å²) >= 11 is 0. The highest BCUT2D eigenvalue weighted by molar-refractivity contribution is 6.44. The van der Waals surface area contributed by atoms with Gasteiger partial charge < -0.3 is 5.32 Å². The number of nitrogens with one attached hydrogen (secondary N) is 1. The van der Waals surface area contributed by atoms with Crippen molar-refractivity contribution in [3.63, 3.8) is 0 Å². The molecule has 0 heterocycles. The Bertz CT molecular complexity index is 151. The summed E-state index contributed by atoms with van der Waals surface area (Å²) in [5.41, 5.74) is 0. The van der Waals surface area contributed by atoms with E-state index in [0.29, 0.717) is 6.42 Å². The Kier molecular flexibility index (Phi) is 5.28. The minimum atomic E-state index is -0.884. The molecule has 0 aliphatic carbocycles. The van der Waals surface area contributed by atoms with E-state index in [1.807, 2.05) is 20.9 Å². The highest BCUT2D eigenvalue weighted by Crippen LogP contribution is 2.42. The van der Waals surface area contributed by atoms with E-state index >= 15 is 0 Å². The molecule has 64 valence electrons. The third-order valence-electron chi connectivity index (χ3n) is 2.68. The van der Waals surface area contributed by atoms with Crippen LogP contribution in [0.1, 0.15) is 20.3 Å². The maximum Gasteiger partial charge on any atom is 0.0713 e. The molecule has 8 radical (unpaired) electrons. The summed E-state index contributed by atoms with van der Waals surface area (Å²) in [6.07, 6.45) is 0.609. The van der Waals surface area contributed by atoms with E-state index in [-0.39, 0.29) is 11.9 Å². The quantitative estimate of drug-likeness (QED) is 0.585. The van der Waals surface area contributed by atoms with Crippen molar-refractivity contribution in [3.8, 4) is 0 Å². The lowest BCUT2D eigenvalue weighted by molar-refractivity contribution is 0.507. The zero-order valence-electron chi connectivity index (χ0n) is 8.75. The lowest BCUT2D eigenvalue weighted by Crippen LogP contribution is -2.34. The maximum absolute atomic E-state index is 5.89. The van der Waals surface area contributed by atoms with Crippen molar-refractivity contribution in [3.05, 3.63) is 0 Å². The third-order valence-corrected chi connectivity index (χ3v) is 2.68. The van der Waals surface area contributed by atoms with Gasteiger partial charge in [-0.3, -0.25) is 0 Å². The molecule has 0 fully saturated rings. The topological polar surface area (TPSA) is 12.0 Å². The van der Waals surface area contributed by atoms with Crippen molar-refractivity contribution in [2.75, 3.05) is 7.05 Å². The number of hydrogen-bond acceptors (Lipinski definition) is 1. The van der Waals surface area contributed by atoms with E-state index in [4.69, 9.17) is 31.4 Å². The number of hydrogen-bond donors (Lipinski definition) is 1. The molecule has 5 heteroatoms. The minimum Gasteiger partial charge on any atom is -0.318 e. The molecular formula is C8H15B4N. The Morgan fingerprint density at radius 3 is 2.08 bits per heavy atom. The molecule has 3 atom stereocenters. The predicted molar refractivity (Wildman–Crippen MR) is 62.0 cm³/mol. The van der Waals surface area contributed by atoms with Gasteiger partial charge in [0.25, 0.3) is 0 Å². The Morgan fingerprint density at radius 2 is 1.77 bits per heavy atom. The molecule has 1 nitrogen and oxygen atoms in total. The fourth-order valence-electron chi connectivity index (χ4n) is 1.10. The van der Waals surface area contributed by atoms with E-state index in [9.17, 15) is 0 Å². The summed E-state index contributed by atoms with van der Waals surface area (Å²) in [5.74, 6) is -0.639. The highest BCUT2D eigenvalue weighted by Gasteiger charge is 2.28. The van der Waals surface area contributed by atoms with Crippen LogP contribution in [0.4, 0.5) is 0 Å². The van der Waals surface area contributed by atoms with Gasteiger partial charge in [0.2, 0.25) is 0 Å². The Labute approximate surface area is 87.5 Å². The van der Waals surface area contributed by atoms with Crippen LogP contribution in [0.25, 0.3) is 0 Å². The summed E-state index contributed by atoms with van der Waals surface area (Å²) in [4.78, 5) is 0. The zero-order valence-corrected chi connectivity index (χ0v) is 8.75. The van der Waals surface area contributed by atoms with Gasteiger partial charge in [-0.2, -0.15) is 0 Å². The monoisotopic (exact) mass is 169 g/mol. The van der Waals surface area contributed by atoms with Crippen molar-refractivity contribution >= 4 is 31.4 Å². The normalized spacial score (nSPS) is 19.3. The van der Waals surface area contributed by atoms with Crippen molar-refractivity contribution in [2.45, 2.75) is 43.2 Å². The van der Waals surface area contributed by atoms with Crippen molar-refractivity contribution in [1.82, 2.24) is 5.32 Å².